The summed E-state index contributed by atoms with van der Waals surface area (Å²) in [5.74, 6) is 1.74. The van der Waals surface area contributed by atoms with Crippen molar-refractivity contribution in [2.75, 3.05) is 0 Å². The summed E-state index contributed by atoms with van der Waals surface area (Å²) in [6.07, 6.45) is 1.69. The van der Waals surface area contributed by atoms with E-state index in [0.29, 0.717) is 6.61 Å². The molecule has 4 aromatic rings. The molecular formula is C23H18O2. The SMILES string of the molecule is c1ccc(COc2cccc(-c3cccc(-c4ccco4)c3)c2)cc1. The van der Waals surface area contributed by atoms with Gasteiger partial charge in [0.25, 0.3) is 0 Å². The summed E-state index contributed by atoms with van der Waals surface area (Å²) >= 11 is 0. The quantitative estimate of drug-likeness (QED) is 0.436. The lowest BCUT2D eigenvalue weighted by Crippen LogP contribution is -1.95. The summed E-state index contributed by atoms with van der Waals surface area (Å²) in [7, 11) is 0. The predicted octanol–water partition coefficient (Wildman–Crippen LogP) is 6.19. The molecule has 2 nitrogen and oxygen atoms in total. The van der Waals surface area contributed by atoms with Gasteiger partial charge in [-0.3, -0.25) is 0 Å². The van der Waals surface area contributed by atoms with Crippen molar-refractivity contribution in [1.82, 2.24) is 0 Å². The van der Waals surface area contributed by atoms with Crippen LogP contribution in [0.2, 0.25) is 0 Å². The molecule has 2 heteroatoms. The van der Waals surface area contributed by atoms with E-state index in [2.05, 4.69) is 42.5 Å². The third kappa shape index (κ3) is 3.64. The van der Waals surface area contributed by atoms with Crippen LogP contribution in [0.4, 0.5) is 0 Å². The second-order valence-electron chi connectivity index (χ2n) is 5.86. The van der Waals surface area contributed by atoms with Gasteiger partial charge in [0.1, 0.15) is 18.1 Å². The van der Waals surface area contributed by atoms with E-state index >= 15 is 0 Å². The highest BCUT2D eigenvalue weighted by atomic mass is 16.5. The van der Waals surface area contributed by atoms with Gasteiger partial charge in [-0.15, -0.1) is 0 Å². The Morgan fingerprint density at radius 2 is 1.40 bits per heavy atom. The Morgan fingerprint density at radius 1 is 0.640 bits per heavy atom. The van der Waals surface area contributed by atoms with Gasteiger partial charge in [-0.05, 0) is 47.0 Å². The monoisotopic (exact) mass is 326 g/mol. The van der Waals surface area contributed by atoms with Gasteiger partial charge < -0.3 is 9.15 Å². The van der Waals surface area contributed by atoms with E-state index in [0.717, 1.165) is 33.8 Å². The maximum absolute atomic E-state index is 5.94. The van der Waals surface area contributed by atoms with Crippen LogP contribution in [0.1, 0.15) is 5.56 Å². The Hall–Kier alpha value is -3.26. The van der Waals surface area contributed by atoms with E-state index < -0.39 is 0 Å². The van der Waals surface area contributed by atoms with Crippen molar-refractivity contribution in [2.24, 2.45) is 0 Å². The van der Waals surface area contributed by atoms with E-state index in [9.17, 15) is 0 Å². The highest BCUT2D eigenvalue weighted by Gasteiger charge is 2.05. The lowest BCUT2D eigenvalue weighted by molar-refractivity contribution is 0.306. The van der Waals surface area contributed by atoms with Crippen LogP contribution in [-0.4, -0.2) is 0 Å². The molecule has 122 valence electrons. The molecule has 0 fully saturated rings. The van der Waals surface area contributed by atoms with Gasteiger partial charge in [-0.2, -0.15) is 0 Å². The first-order valence-electron chi connectivity index (χ1n) is 8.29. The molecule has 0 amide bonds. The molecule has 25 heavy (non-hydrogen) atoms. The number of hydrogen-bond acceptors (Lipinski definition) is 2. The van der Waals surface area contributed by atoms with Crippen molar-refractivity contribution < 1.29 is 9.15 Å². The van der Waals surface area contributed by atoms with Gasteiger partial charge >= 0.3 is 0 Å². The molecule has 0 atom stereocenters. The van der Waals surface area contributed by atoms with Crippen molar-refractivity contribution in [2.45, 2.75) is 6.61 Å². The smallest absolute Gasteiger partial charge is 0.133 e. The second kappa shape index (κ2) is 7.10. The predicted molar refractivity (Wildman–Crippen MR) is 100 cm³/mol. The maximum atomic E-state index is 5.94. The first-order valence-corrected chi connectivity index (χ1v) is 8.29. The largest absolute Gasteiger partial charge is 0.489 e. The first kappa shape index (κ1) is 15.3. The van der Waals surface area contributed by atoms with E-state index in [1.807, 2.05) is 48.5 Å². The van der Waals surface area contributed by atoms with Crippen molar-refractivity contribution in [3.63, 3.8) is 0 Å². The van der Waals surface area contributed by atoms with Crippen LogP contribution in [0.5, 0.6) is 5.75 Å². The van der Waals surface area contributed by atoms with Crippen LogP contribution in [0.15, 0.2) is 102 Å². The average molecular weight is 326 g/mol. The highest BCUT2D eigenvalue weighted by molar-refractivity contribution is 5.71. The van der Waals surface area contributed by atoms with Gasteiger partial charge in [-0.1, -0.05) is 60.7 Å². The van der Waals surface area contributed by atoms with Crippen LogP contribution in [-0.2, 0) is 6.61 Å². The summed E-state index contributed by atoms with van der Waals surface area (Å²) in [4.78, 5) is 0. The molecule has 3 aromatic carbocycles. The number of rotatable bonds is 5. The standard InChI is InChI=1S/C23H18O2/c1-2-7-18(8-3-1)17-25-22-12-5-10-20(16-22)19-9-4-11-21(15-19)23-13-6-14-24-23/h1-16H,17H2. The molecule has 1 aromatic heterocycles. The van der Waals surface area contributed by atoms with Crippen LogP contribution >= 0.6 is 0 Å². The third-order valence-electron chi connectivity index (χ3n) is 4.08. The van der Waals surface area contributed by atoms with Crippen LogP contribution in [0.3, 0.4) is 0 Å². The number of benzene rings is 3. The topological polar surface area (TPSA) is 22.4 Å². The Morgan fingerprint density at radius 3 is 2.20 bits per heavy atom. The van der Waals surface area contributed by atoms with Crippen molar-refractivity contribution >= 4 is 0 Å². The molecular weight excluding hydrogens is 308 g/mol. The Labute approximate surface area is 147 Å². The lowest BCUT2D eigenvalue weighted by atomic mass is 10.0. The zero-order valence-corrected chi connectivity index (χ0v) is 13.8. The van der Waals surface area contributed by atoms with Gasteiger partial charge in [0, 0.05) is 5.56 Å². The zero-order chi connectivity index (χ0) is 16.9. The summed E-state index contributed by atoms with van der Waals surface area (Å²) in [5.41, 5.74) is 4.49. The number of ether oxygens (including phenoxy) is 1. The minimum atomic E-state index is 0.566. The molecule has 0 radical (unpaired) electrons. The molecule has 0 N–H and O–H groups in total. The van der Waals surface area contributed by atoms with Gasteiger partial charge in [0.2, 0.25) is 0 Å². The van der Waals surface area contributed by atoms with Gasteiger partial charge in [-0.25, -0.2) is 0 Å². The molecule has 0 bridgehead atoms. The molecule has 0 saturated carbocycles. The number of hydrogen-bond donors (Lipinski definition) is 0. The molecule has 0 spiro atoms. The average Bonchev–Trinajstić information content (AvgIpc) is 3.22. The van der Waals surface area contributed by atoms with Crippen LogP contribution < -0.4 is 4.74 Å². The second-order valence-corrected chi connectivity index (χ2v) is 5.86. The van der Waals surface area contributed by atoms with Crippen molar-refractivity contribution in [3.05, 3.63) is 103 Å². The van der Waals surface area contributed by atoms with Gasteiger partial charge in [0.15, 0.2) is 0 Å². The van der Waals surface area contributed by atoms with E-state index in [-0.39, 0.29) is 0 Å². The normalized spacial score (nSPS) is 10.6. The molecule has 0 saturated heterocycles. The lowest BCUT2D eigenvalue weighted by Gasteiger charge is -2.09. The van der Waals surface area contributed by atoms with E-state index in [1.165, 1.54) is 0 Å². The highest BCUT2D eigenvalue weighted by Crippen LogP contribution is 2.28. The Kier molecular flexibility index (Phi) is 4.34. The van der Waals surface area contributed by atoms with Crippen LogP contribution in [0, 0.1) is 0 Å². The molecule has 0 aliphatic carbocycles. The Bertz CT molecular complexity index is 941. The fourth-order valence-corrected chi connectivity index (χ4v) is 2.80. The summed E-state index contributed by atoms with van der Waals surface area (Å²) < 4.78 is 11.4. The molecule has 0 aliphatic heterocycles. The van der Waals surface area contributed by atoms with E-state index in [4.69, 9.17) is 9.15 Å². The van der Waals surface area contributed by atoms with Gasteiger partial charge in [0.05, 0.1) is 6.26 Å². The van der Waals surface area contributed by atoms with Crippen LogP contribution in [0.25, 0.3) is 22.5 Å². The molecule has 1 heterocycles. The fourth-order valence-electron chi connectivity index (χ4n) is 2.80. The minimum absolute atomic E-state index is 0.566. The number of furan rings is 1. The van der Waals surface area contributed by atoms with Crippen molar-refractivity contribution in [1.29, 1.82) is 0 Å². The fraction of sp³-hybridized carbons (Fsp3) is 0.0435. The Balaban J connectivity index is 1.56. The molecule has 0 aliphatic rings. The maximum Gasteiger partial charge on any atom is 0.133 e. The summed E-state index contributed by atoms with van der Waals surface area (Å²) in [6.45, 7) is 0.566. The first-order chi connectivity index (χ1) is 12.4. The summed E-state index contributed by atoms with van der Waals surface area (Å²) in [6, 6.07) is 30.6. The zero-order valence-electron chi connectivity index (χ0n) is 13.8. The minimum Gasteiger partial charge on any atom is -0.489 e. The molecule has 4 rings (SSSR count). The molecule has 0 unspecified atom stereocenters. The van der Waals surface area contributed by atoms with E-state index in [1.54, 1.807) is 6.26 Å². The summed E-state index contributed by atoms with van der Waals surface area (Å²) in [5, 5.41) is 0. The third-order valence-corrected chi connectivity index (χ3v) is 4.08. The van der Waals surface area contributed by atoms with Crippen molar-refractivity contribution in [3.8, 4) is 28.2 Å².